The first-order valence-corrected chi connectivity index (χ1v) is 36.4. The van der Waals surface area contributed by atoms with E-state index in [1.54, 1.807) is 0 Å². The highest BCUT2D eigenvalue weighted by Crippen LogP contribution is 2.62. The largest absolute Gasteiger partial charge is 0.466 e. The van der Waals surface area contributed by atoms with Crippen molar-refractivity contribution < 1.29 is 76.2 Å². The number of nitrogens with one attached hydrogen (secondary N) is 4. The molecule has 89 heavy (non-hydrogen) atoms. The van der Waals surface area contributed by atoms with Crippen LogP contribution in [0.2, 0.25) is 0 Å². The molecule has 6 rings (SSSR count). The number of ether oxygens (including phenoxy) is 2. The van der Waals surface area contributed by atoms with E-state index in [2.05, 4.69) is 109 Å². The molecule has 2 saturated heterocycles. The van der Waals surface area contributed by atoms with Crippen LogP contribution in [0.15, 0.2) is 0 Å². The van der Waals surface area contributed by atoms with E-state index in [1.165, 1.54) is 0 Å². The van der Waals surface area contributed by atoms with Crippen LogP contribution in [-0.4, -0.2) is 183 Å². The molecule has 6 fully saturated rings. The fraction of sp³-hybridized carbons (Fsp3) is 0.939. The number of rotatable bonds is 31. The molecule has 0 aromatic rings. The highest BCUT2D eigenvalue weighted by atomic mass is 31.2. The summed E-state index contributed by atoms with van der Waals surface area (Å²) in [7, 11) is -3.36. The maximum absolute atomic E-state index is 12.6. The zero-order valence-electron chi connectivity index (χ0n) is 56.8. The van der Waals surface area contributed by atoms with E-state index in [4.69, 9.17) is 36.6 Å². The summed E-state index contributed by atoms with van der Waals surface area (Å²) in [5, 5.41) is 56.6. The number of unbranched alkanes of at least 4 members (excludes halogenated alkanes) is 2. The zero-order valence-corrected chi connectivity index (χ0v) is 58.6. The predicted molar refractivity (Wildman–Crippen MR) is 345 cm³/mol. The molecule has 516 valence electrons. The first-order valence-electron chi connectivity index (χ1n) is 34.2. The number of carbonyl (C=O) groups excluding carboxylic acids is 4. The predicted octanol–water partition coefficient (Wildman–Crippen LogP) is 8.71. The molecule has 16 unspecified atom stereocenters. The highest BCUT2D eigenvalue weighted by Gasteiger charge is 2.58. The summed E-state index contributed by atoms with van der Waals surface area (Å²) >= 11 is 0. The summed E-state index contributed by atoms with van der Waals surface area (Å²) in [6.07, 6.45) is 6.49. The van der Waals surface area contributed by atoms with Crippen LogP contribution in [0.5, 0.6) is 0 Å². The molecule has 23 heteroatoms. The molecule has 4 saturated carbocycles. The minimum atomic E-state index is -1.68. The number of carbonyl (C=O) groups is 4. The second kappa shape index (κ2) is 35.8. The Labute approximate surface area is 537 Å². The van der Waals surface area contributed by atoms with E-state index in [1.807, 2.05) is 6.92 Å². The van der Waals surface area contributed by atoms with Crippen molar-refractivity contribution in [3.63, 3.8) is 0 Å². The molecule has 2 amide bonds. The van der Waals surface area contributed by atoms with Gasteiger partial charge in [0.1, 0.15) is 0 Å². The van der Waals surface area contributed by atoms with Gasteiger partial charge in [-0.05, 0) is 153 Å². The number of fused-ring (bicyclic) bond motifs is 6. The number of aliphatic hydroxyl groups is 4. The van der Waals surface area contributed by atoms with E-state index in [9.17, 15) is 39.6 Å². The van der Waals surface area contributed by atoms with Crippen LogP contribution in [0.4, 0.5) is 0 Å². The van der Waals surface area contributed by atoms with Gasteiger partial charge in [0.15, 0.2) is 0 Å². The molecule has 16 atom stereocenters. The lowest BCUT2D eigenvalue weighted by Crippen LogP contribution is -2.53. The molecule has 2 heterocycles. The first-order chi connectivity index (χ1) is 41.9. The van der Waals surface area contributed by atoms with Crippen molar-refractivity contribution in [2.24, 2.45) is 69.0 Å². The SMILES string of the molecule is CCN(CCC(=O)NCCNCCC(=O)OCCCCOP1OC2C(CC(O)CC2C(C)(C)C)C2CC(O)CC(C(C)(C)C)C2O1)CCC(=O)NCCNCCC(=O)OCCCCOP1OC2C(CC(O)CC2C(C)(C)C)C2CC(O)CC(C(C)(C)C)C2O1. The lowest BCUT2D eigenvalue weighted by Gasteiger charge is -2.51. The van der Waals surface area contributed by atoms with Crippen LogP contribution in [0.1, 0.15) is 193 Å². The van der Waals surface area contributed by atoms with Crippen molar-refractivity contribution in [2.75, 3.05) is 85.3 Å². The van der Waals surface area contributed by atoms with Crippen LogP contribution in [0.3, 0.4) is 0 Å². The summed E-state index contributed by atoms with van der Waals surface area (Å²) in [6, 6.07) is 0. The van der Waals surface area contributed by atoms with Crippen LogP contribution in [0, 0.1) is 69.0 Å². The molecule has 0 radical (unpaired) electrons. The topological polar surface area (TPSA) is 274 Å². The normalized spacial score (nSPS) is 32.7. The van der Waals surface area contributed by atoms with Crippen LogP contribution >= 0.6 is 17.2 Å². The number of esters is 2. The Balaban J connectivity index is 0.745. The number of hydrogen-bond donors (Lipinski definition) is 8. The third kappa shape index (κ3) is 24.4. The average Bonchev–Trinajstić information content (AvgIpc) is 1.74. The molecule has 6 aliphatic rings. The summed E-state index contributed by atoms with van der Waals surface area (Å²) in [5.41, 5.74) is -0.403. The van der Waals surface area contributed by atoms with Crippen molar-refractivity contribution >= 4 is 41.0 Å². The van der Waals surface area contributed by atoms with Crippen LogP contribution in [-0.2, 0) is 55.8 Å². The fourth-order valence-corrected chi connectivity index (χ4v) is 17.8. The van der Waals surface area contributed by atoms with E-state index in [-0.39, 0.29) is 143 Å². The minimum absolute atomic E-state index is 0.0588. The lowest BCUT2D eigenvalue weighted by molar-refractivity contribution is -0.144. The maximum atomic E-state index is 12.6. The van der Waals surface area contributed by atoms with Gasteiger partial charge in [0.05, 0.1) is 88.1 Å². The molecule has 2 aliphatic heterocycles. The van der Waals surface area contributed by atoms with Crippen molar-refractivity contribution in [1.82, 2.24) is 26.2 Å². The van der Waals surface area contributed by atoms with Crippen molar-refractivity contribution in [3.05, 3.63) is 0 Å². The molecule has 21 nitrogen and oxygen atoms in total. The second-order valence-electron chi connectivity index (χ2n) is 30.9. The standard InChI is InChI=1S/C66H121N5O16P2/c1-14-71(29-21-55(76)69-27-25-67-23-19-57(78)80-31-15-17-33-82-88-84-59-47(35-43(72)39-51(59)63(2,3)4)48-36-44(73)40-52(60(48)85-88)64(5,6)7)30-22-56(77)70-28-26-68-24-20-58(79)81-32-16-18-34-83-89-86-61-49(37-45(74)41-53(61)65(8,9)10)50-38-46(75)42-54(62(50)87-89)66(11,12)13/h43-54,59-62,67-68,72-75H,14-42H2,1-13H3,(H,69,76)(H,70,77). The third-order valence-electron chi connectivity index (χ3n) is 19.9. The van der Waals surface area contributed by atoms with Gasteiger partial charge in [0, 0.05) is 65.2 Å². The number of hydrogen-bond acceptors (Lipinski definition) is 19. The molecule has 0 spiro atoms. The Kier molecular flexibility index (Phi) is 30.7. The van der Waals surface area contributed by atoms with Gasteiger partial charge in [-0.25, -0.2) is 0 Å². The molecular weight excluding hydrogens is 1180 g/mol. The van der Waals surface area contributed by atoms with Gasteiger partial charge in [-0.1, -0.05) is 90.0 Å². The Morgan fingerprint density at radius 1 is 0.427 bits per heavy atom. The maximum Gasteiger partial charge on any atom is 0.333 e. The fourth-order valence-electron chi connectivity index (χ4n) is 14.9. The average molecular weight is 1300 g/mol. The number of amides is 2. The molecule has 0 aromatic heterocycles. The lowest BCUT2D eigenvalue weighted by atomic mass is 9.57. The molecule has 0 bridgehead atoms. The molecule has 4 aliphatic carbocycles. The van der Waals surface area contributed by atoms with E-state index in [0.717, 1.165) is 0 Å². The Hall–Kier alpha value is -1.78. The molecular formula is C66H121N5O16P2. The van der Waals surface area contributed by atoms with Crippen LogP contribution in [0.25, 0.3) is 0 Å². The Morgan fingerprint density at radius 3 is 1.00 bits per heavy atom. The number of nitrogens with zero attached hydrogens (tertiary/aromatic N) is 1. The Bertz CT molecular complexity index is 1910. The smallest absolute Gasteiger partial charge is 0.333 e. The van der Waals surface area contributed by atoms with Gasteiger partial charge in [-0.2, -0.15) is 0 Å². The van der Waals surface area contributed by atoms with Gasteiger partial charge in [0.25, 0.3) is 0 Å². The summed E-state index contributed by atoms with van der Waals surface area (Å²) in [4.78, 5) is 52.3. The summed E-state index contributed by atoms with van der Waals surface area (Å²) in [5.74, 6) is -0.0881. The highest BCUT2D eigenvalue weighted by molar-refractivity contribution is 7.42. The monoisotopic (exact) mass is 1300 g/mol. The van der Waals surface area contributed by atoms with Crippen molar-refractivity contribution in [1.29, 1.82) is 0 Å². The summed E-state index contributed by atoms with van der Waals surface area (Å²) in [6.45, 7) is 34.2. The van der Waals surface area contributed by atoms with Crippen LogP contribution < -0.4 is 21.3 Å². The third-order valence-corrected chi connectivity index (χ3v) is 22.4. The minimum Gasteiger partial charge on any atom is -0.466 e. The van der Waals surface area contributed by atoms with E-state index < -0.39 is 41.6 Å². The first kappa shape index (κ1) is 76.2. The Morgan fingerprint density at radius 2 is 0.719 bits per heavy atom. The van der Waals surface area contributed by atoms with Crippen molar-refractivity contribution in [3.8, 4) is 0 Å². The molecule has 8 N–H and O–H groups in total. The van der Waals surface area contributed by atoms with Crippen molar-refractivity contribution in [2.45, 2.75) is 242 Å². The second-order valence-corrected chi connectivity index (χ2v) is 33.2. The quantitative estimate of drug-likeness (QED) is 0.0183. The van der Waals surface area contributed by atoms with Gasteiger partial charge >= 0.3 is 29.1 Å². The molecule has 0 aromatic carbocycles. The van der Waals surface area contributed by atoms with Gasteiger partial charge in [0.2, 0.25) is 11.8 Å². The summed E-state index contributed by atoms with van der Waals surface area (Å²) < 4.78 is 50.9. The van der Waals surface area contributed by atoms with Gasteiger partial charge in [-0.3, -0.25) is 19.2 Å². The number of aliphatic hydroxyl groups excluding tert-OH is 4. The van der Waals surface area contributed by atoms with E-state index in [0.29, 0.717) is 162 Å². The van der Waals surface area contributed by atoms with Gasteiger partial charge < -0.3 is 83.2 Å². The van der Waals surface area contributed by atoms with Gasteiger partial charge in [-0.15, -0.1) is 0 Å². The van der Waals surface area contributed by atoms with E-state index >= 15 is 0 Å². The zero-order chi connectivity index (χ0) is 65.3.